The number of rotatable bonds is 2. The van der Waals surface area contributed by atoms with Gasteiger partial charge in [0.2, 0.25) is 10.0 Å². The Bertz CT molecular complexity index is 568. The lowest BCUT2D eigenvalue weighted by Crippen LogP contribution is -2.52. The normalized spacial score (nSPS) is 42.2. The van der Waals surface area contributed by atoms with Gasteiger partial charge in [-0.1, -0.05) is 22.6 Å². The third-order valence-electron chi connectivity index (χ3n) is 4.99. The zero-order valence-corrected chi connectivity index (χ0v) is 15.7. The first-order valence-electron chi connectivity index (χ1n) is 7.43. The molecular formula is C14H22INO4S. The van der Waals surface area contributed by atoms with E-state index in [1.807, 2.05) is 43.4 Å². The number of carbonyl (C=O) groups excluding carboxylic acids is 1. The summed E-state index contributed by atoms with van der Waals surface area (Å²) >= 11 is 2.04. The molecule has 1 aliphatic heterocycles. The first-order valence-corrected chi connectivity index (χ1v) is 10.2. The van der Waals surface area contributed by atoms with Crippen molar-refractivity contribution in [2.75, 3.05) is 0 Å². The Hall–Kier alpha value is 0.110. The number of ether oxygens (including phenoxy) is 1. The number of nitrogens with zero attached hydrogens (tertiary/aromatic N) is 1. The second-order valence-corrected chi connectivity index (χ2v) is 11.4. The highest BCUT2D eigenvalue weighted by atomic mass is 127. The molecule has 3 rings (SSSR count). The van der Waals surface area contributed by atoms with Crippen LogP contribution in [0.25, 0.3) is 0 Å². The van der Waals surface area contributed by atoms with Crippen LogP contribution in [0.2, 0.25) is 0 Å². The molecule has 0 radical (unpaired) electrons. The number of fused-ring (bicyclic) bond motifs is 1. The van der Waals surface area contributed by atoms with E-state index >= 15 is 0 Å². The Morgan fingerprint density at radius 2 is 1.95 bits per heavy atom. The molecule has 3 fully saturated rings. The minimum absolute atomic E-state index is 0.126. The van der Waals surface area contributed by atoms with Crippen LogP contribution in [-0.2, 0) is 19.6 Å². The van der Waals surface area contributed by atoms with Crippen LogP contribution in [0.3, 0.4) is 0 Å². The maximum Gasteiger partial charge on any atom is 0.318 e. The van der Waals surface area contributed by atoms with Crippen molar-refractivity contribution in [2.24, 2.45) is 11.8 Å². The van der Waals surface area contributed by atoms with Gasteiger partial charge in [-0.25, -0.2) is 8.42 Å². The van der Waals surface area contributed by atoms with Gasteiger partial charge in [-0.05, 0) is 52.4 Å². The van der Waals surface area contributed by atoms with Crippen LogP contribution in [0.15, 0.2) is 0 Å². The van der Waals surface area contributed by atoms with E-state index < -0.39 is 15.6 Å². The SMILES string of the molecule is CC(I)C(=O)OC1C2CC3C1N(C(C)(C)C)S(=O)(=O)C3C2. The zero-order chi connectivity index (χ0) is 15.7. The molecule has 0 aromatic rings. The fourth-order valence-electron chi connectivity index (χ4n) is 4.41. The monoisotopic (exact) mass is 427 g/mol. The summed E-state index contributed by atoms with van der Waals surface area (Å²) in [6.45, 7) is 7.55. The van der Waals surface area contributed by atoms with Gasteiger partial charge in [0.15, 0.2) is 0 Å². The summed E-state index contributed by atoms with van der Waals surface area (Å²) in [5, 5.41) is -0.265. The lowest BCUT2D eigenvalue weighted by atomic mass is 9.90. The van der Waals surface area contributed by atoms with Gasteiger partial charge in [0.05, 0.1) is 11.3 Å². The second kappa shape index (κ2) is 4.80. The summed E-state index contributed by atoms with van der Waals surface area (Å²) in [4.78, 5) is 12.0. The number of hydrogen-bond donors (Lipinski definition) is 0. The minimum atomic E-state index is -3.28. The lowest BCUT2D eigenvalue weighted by Gasteiger charge is -2.37. The van der Waals surface area contributed by atoms with Crippen LogP contribution in [-0.4, -0.2) is 45.6 Å². The summed E-state index contributed by atoms with van der Waals surface area (Å²) in [5.74, 6) is 0.0932. The molecule has 0 aromatic heterocycles. The predicted octanol–water partition coefficient (Wildman–Crippen LogP) is 1.94. The van der Waals surface area contributed by atoms with Gasteiger partial charge in [-0.3, -0.25) is 4.79 Å². The zero-order valence-electron chi connectivity index (χ0n) is 12.7. The molecule has 2 saturated carbocycles. The molecule has 6 atom stereocenters. The van der Waals surface area contributed by atoms with Gasteiger partial charge < -0.3 is 4.74 Å². The van der Waals surface area contributed by atoms with Crippen molar-refractivity contribution in [1.29, 1.82) is 0 Å². The van der Waals surface area contributed by atoms with Gasteiger partial charge >= 0.3 is 5.97 Å². The predicted molar refractivity (Wildman–Crippen MR) is 87.7 cm³/mol. The first-order chi connectivity index (χ1) is 9.55. The maximum atomic E-state index is 12.8. The summed E-state index contributed by atoms with van der Waals surface area (Å²) in [6.07, 6.45) is 1.24. The van der Waals surface area contributed by atoms with E-state index in [9.17, 15) is 13.2 Å². The maximum absolute atomic E-state index is 12.8. The average Bonchev–Trinajstić information content (AvgIpc) is 2.90. The van der Waals surface area contributed by atoms with Crippen LogP contribution in [0.1, 0.15) is 40.5 Å². The van der Waals surface area contributed by atoms with Crippen LogP contribution in [0.5, 0.6) is 0 Å². The van der Waals surface area contributed by atoms with E-state index in [1.165, 1.54) is 0 Å². The molecule has 0 spiro atoms. The average molecular weight is 427 g/mol. The topological polar surface area (TPSA) is 63.7 Å². The standard InChI is InChI=1S/C14H22INO4S/c1-7(15)13(17)20-12-8-5-9-10(6-8)21(18,19)16(11(9)12)14(2,3)4/h7-12H,5-6H2,1-4H3. The molecule has 120 valence electrons. The van der Waals surface area contributed by atoms with Crippen LogP contribution < -0.4 is 0 Å². The fourth-order valence-corrected chi connectivity index (χ4v) is 7.43. The van der Waals surface area contributed by atoms with E-state index in [0.717, 1.165) is 6.42 Å². The molecule has 7 heteroatoms. The fraction of sp³-hybridized carbons (Fsp3) is 0.929. The van der Waals surface area contributed by atoms with Gasteiger partial charge in [-0.15, -0.1) is 0 Å². The summed E-state index contributed by atoms with van der Waals surface area (Å²) in [5.41, 5.74) is -0.476. The van der Waals surface area contributed by atoms with E-state index in [4.69, 9.17) is 4.74 Å². The number of sulfonamides is 1. The molecule has 6 unspecified atom stereocenters. The highest BCUT2D eigenvalue weighted by molar-refractivity contribution is 14.1. The lowest BCUT2D eigenvalue weighted by molar-refractivity contribution is -0.153. The number of hydrogen-bond acceptors (Lipinski definition) is 4. The van der Waals surface area contributed by atoms with E-state index in [-0.39, 0.29) is 39.1 Å². The van der Waals surface area contributed by atoms with Crippen LogP contribution >= 0.6 is 22.6 Å². The Balaban J connectivity index is 1.96. The molecule has 1 saturated heterocycles. The third kappa shape index (κ3) is 2.25. The Kier molecular flexibility index (Phi) is 3.65. The van der Waals surface area contributed by atoms with E-state index in [1.54, 1.807) is 11.2 Å². The highest BCUT2D eigenvalue weighted by Gasteiger charge is 2.69. The quantitative estimate of drug-likeness (QED) is 0.384. The molecule has 21 heavy (non-hydrogen) atoms. The van der Waals surface area contributed by atoms with Gasteiger partial charge in [0, 0.05) is 5.54 Å². The van der Waals surface area contributed by atoms with Crippen LogP contribution in [0, 0.1) is 11.8 Å². The number of halogens is 1. The largest absolute Gasteiger partial charge is 0.460 e. The minimum Gasteiger partial charge on any atom is -0.460 e. The number of alkyl halides is 1. The van der Waals surface area contributed by atoms with Crippen molar-refractivity contribution in [3.05, 3.63) is 0 Å². The molecular weight excluding hydrogens is 405 g/mol. The van der Waals surface area contributed by atoms with Gasteiger partial charge in [0.25, 0.3) is 0 Å². The Labute approximate surface area is 140 Å². The molecule has 2 bridgehead atoms. The van der Waals surface area contributed by atoms with E-state index in [2.05, 4.69) is 0 Å². The van der Waals surface area contributed by atoms with Gasteiger partial charge in [0.1, 0.15) is 10.0 Å². The van der Waals surface area contributed by atoms with Crippen molar-refractivity contribution < 1.29 is 17.9 Å². The Morgan fingerprint density at radius 1 is 1.33 bits per heavy atom. The molecule has 0 N–H and O–H groups in total. The number of carbonyl (C=O) groups is 1. The molecule has 0 amide bonds. The van der Waals surface area contributed by atoms with Crippen molar-refractivity contribution in [2.45, 2.75) is 67.4 Å². The second-order valence-electron chi connectivity index (χ2n) is 7.45. The molecule has 0 aromatic carbocycles. The molecule has 2 aliphatic carbocycles. The smallest absolute Gasteiger partial charge is 0.318 e. The summed E-state index contributed by atoms with van der Waals surface area (Å²) in [7, 11) is -3.28. The van der Waals surface area contributed by atoms with Gasteiger partial charge in [-0.2, -0.15) is 4.31 Å². The van der Waals surface area contributed by atoms with Crippen LogP contribution in [0.4, 0.5) is 0 Å². The third-order valence-corrected chi connectivity index (χ3v) is 8.15. The highest BCUT2D eigenvalue weighted by Crippen LogP contribution is 2.58. The Morgan fingerprint density at radius 3 is 2.48 bits per heavy atom. The molecule has 1 heterocycles. The molecule has 5 nitrogen and oxygen atoms in total. The number of esters is 1. The summed E-state index contributed by atoms with van der Waals surface area (Å²) < 4.78 is 32.7. The molecule has 3 aliphatic rings. The van der Waals surface area contributed by atoms with E-state index in [0.29, 0.717) is 6.42 Å². The van der Waals surface area contributed by atoms with Crippen molar-refractivity contribution >= 4 is 38.6 Å². The van der Waals surface area contributed by atoms with Crippen molar-refractivity contribution in [3.63, 3.8) is 0 Å². The van der Waals surface area contributed by atoms with Crippen molar-refractivity contribution in [3.8, 4) is 0 Å². The summed E-state index contributed by atoms with van der Waals surface area (Å²) in [6, 6.07) is -0.169. The first kappa shape index (κ1) is 16.0. The van der Waals surface area contributed by atoms with Crippen molar-refractivity contribution in [1.82, 2.24) is 4.31 Å².